The first kappa shape index (κ1) is 12.9. The molecule has 0 fully saturated rings. The van der Waals surface area contributed by atoms with Gasteiger partial charge in [-0.15, -0.1) is 0 Å². The molecule has 0 atom stereocenters. The van der Waals surface area contributed by atoms with Gasteiger partial charge in [-0.2, -0.15) is 0 Å². The highest BCUT2D eigenvalue weighted by Gasteiger charge is 2.18. The molecule has 0 aliphatic carbocycles. The minimum atomic E-state index is -0.622. The Labute approximate surface area is 110 Å². The quantitative estimate of drug-likeness (QED) is 0.676. The van der Waals surface area contributed by atoms with Crippen molar-refractivity contribution in [2.45, 2.75) is 13.5 Å². The van der Waals surface area contributed by atoms with Gasteiger partial charge in [0.15, 0.2) is 0 Å². The van der Waals surface area contributed by atoms with E-state index in [1.54, 1.807) is 6.92 Å². The number of aromatic hydroxyl groups is 1. The third kappa shape index (κ3) is 2.82. The van der Waals surface area contributed by atoms with Crippen LogP contribution in [0.1, 0.15) is 11.1 Å². The maximum absolute atomic E-state index is 10.7. The Morgan fingerprint density at radius 2 is 1.89 bits per heavy atom. The molecule has 0 heterocycles. The van der Waals surface area contributed by atoms with Crippen molar-refractivity contribution in [3.8, 4) is 11.5 Å². The largest absolute Gasteiger partial charge is 0.502 e. The molecule has 0 aliphatic rings. The molecule has 2 aromatic carbocycles. The summed E-state index contributed by atoms with van der Waals surface area (Å²) in [6.07, 6.45) is 0. The van der Waals surface area contributed by atoms with Crippen LogP contribution in [-0.2, 0) is 6.61 Å². The molecule has 5 heteroatoms. The molecule has 2 rings (SSSR count). The van der Waals surface area contributed by atoms with Crippen molar-refractivity contribution in [3.63, 3.8) is 0 Å². The van der Waals surface area contributed by atoms with E-state index in [4.69, 9.17) is 4.74 Å². The summed E-state index contributed by atoms with van der Waals surface area (Å²) in [4.78, 5) is 10.0. The predicted octanol–water partition coefficient (Wildman–Crippen LogP) is 3.19. The number of nitro benzene ring substituents is 1. The molecule has 0 bridgehead atoms. The van der Waals surface area contributed by atoms with E-state index in [0.29, 0.717) is 17.9 Å². The van der Waals surface area contributed by atoms with E-state index in [2.05, 4.69) is 0 Å². The number of ether oxygens (including phenoxy) is 1. The second-order valence-electron chi connectivity index (χ2n) is 4.09. The van der Waals surface area contributed by atoms with Crippen molar-refractivity contribution in [2.24, 2.45) is 0 Å². The van der Waals surface area contributed by atoms with Crippen molar-refractivity contribution in [2.75, 3.05) is 0 Å². The topological polar surface area (TPSA) is 72.6 Å². The summed E-state index contributed by atoms with van der Waals surface area (Å²) in [5.41, 5.74) is 1.04. The fourth-order valence-electron chi connectivity index (χ4n) is 1.71. The predicted molar refractivity (Wildman–Crippen MR) is 70.3 cm³/mol. The van der Waals surface area contributed by atoms with E-state index in [1.165, 1.54) is 12.1 Å². The first-order valence-electron chi connectivity index (χ1n) is 5.73. The van der Waals surface area contributed by atoms with Gasteiger partial charge in [-0.1, -0.05) is 30.3 Å². The highest BCUT2D eigenvalue weighted by atomic mass is 16.6. The van der Waals surface area contributed by atoms with Crippen molar-refractivity contribution in [1.29, 1.82) is 0 Å². The SMILES string of the molecule is Cc1c(OCc2ccccc2)ccc([N+](=O)[O-])c1O. The van der Waals surface area contributed by atoms with Gasteiger partial charge in [-0.25, -0.2) is 0 Å². The Morgan fingerprint density at radius 1 is 1.21 bits per heavy atom. The van der Waals surface area contributed by atoms with Gasteiger partial charge in [0.05, 0.1) is 4.92 Å². The van der Waals surface area contributed by atoms with Crippen LogP contribution in [0.25, 0.3) is 0 Å². The lowest BCUT2D eigenvalue weighted by Crippen LogP contribution is -1.98. The summed E-state index contributed by atoms with van der Waals surface area (Å²) >= 11 is 0. The Bertz CT molecular complexity index is 596. The fourth-order valence-corrected chi connectivity index (χ4v) is 1.71. The van der Waals surface area contributed by atoms with Crippen LogP contribution >= 0.6 is 0 Å². The van der Waals surface area contributed by atoms with Crippen LogP contribution < -0.4 is 4.74 Å². The van der Waals surface area contributed by atoms with E-state index < -0.39 is 4.92 Å². The lowest BCUT2D eigenvalue weighted by molar-refractivity contribution is -0.385. The Morgan fingerprint density at radius 3 is 2.53 bits per heavy atom. The van der Waals surface area contributed by atoms with Crippen LogP contribution in [0.5, 0.6) is 11.5 Å². The smallest absolute Gasteiger partial charge is 0.311 e. The number of phenolic OH excluding ortho intramolecular Hbond substituents is 1. The standard InChI is InChI=1S/C14H13NO4/c1-10-13(8-7-12(14(10)16)15(17)18)19-9-11-5-3-2-4-6-11/h2-8,16H,9H2,1H3. The molecule has 98 valence electrons. The number of nitrogens with zero attached hydrogens (tertiary/aromatic N) is 1. The molecule has 0 unspecified atom stereocenters. The minimum absolute atomic E-state index is 0.315. The fraction of sp³-hybridized carbons (Fsp3) is 0.143. The number of benzene rings is 2. The van der Waals surface area contributed by atoms with E-state index in [0.717, 1.165) is 5.56 Å². The molecular weight excluding hydrogens is 246 g/mol. The van der Waals surface area contributed by atoms with Crippen LogP contribution in [0.2, 0.25) is 0 Å². The average Bonchev–Trinajstić information content (AvgIpc) is 2.41. The number of hydrogen-bond acceptors (Lipinski definition) is 4. The van der Waals surface area contributed by atoms with Gasteiger partial charge in [0.25, 0.3) is 0 Å². The van der Waals surface area contributed by atoms with Gasteiger partial charge in [-0.3, -0.25) is 10.1 Å². The molecule has 19 heavy (non-hydrogen) atoms. The van der Waals surface area contributed by atoms with E-state index in [9.17, 15) is 15.2 Å². The van der Waals surface area contributed by atoms with Gasteiger partial charge < -0.3 is 9.84 Å². The van der Waals surface area contributed by atoms with Crippen molar-refractivity contribution >= 4 is 5.69 Å². The van der Waals surface area contributed by atoms with E-state index >= 15 is 0 Å². The van der Waals surface area contributed by atoms with Crippen molar-refractivity contribution < 1.29 is 14.8 Å². The van der Waals surface area contributed by atoms with Crippen LogP contribution in [0.4, 0.5) is 5.69 Å². The summed E-state index contributed by atoms with van der Waals surface area (Å²) < 4.78 is 5.56. The molecule has 0 aliphatic heterocycles. The van der Waals surface area contributed by atoms with Crippen LogP contribution in [-0.4, -0.2) is 10.0 Å². The summed E-state index contributed by atoms with van der Waals surface area (Å²) in [5, 5.41) is 20.4. The monoisotopic (exact) mass is 259 g/mol. The van der Waals surface area contributed by atoms with Crippen LogP contribution in [0.3, 0.4) is 0 Å². The Balaban J connectivity index is 2.18. The highest BCUT2D eigenvalue weighted by Crippen LogP contribution is 2.35. The molecular formula is C14H13NO4. The highest BCUT2D eigenvalue weighted by molar-refractivity contribution is 5.56. The molecule has 5 nitrogen and oxygen atoms in total. The molecule has 2 aromatic rings. The lowest BCUT2D eigenvalue weighted by atomic mass is 10.1. The number of rotatable bonds is 4. The first-order chi connectivity index (χ1) is 9.09. The molecule has 0 saturated heterocycles. The summed E-state index contributed by atoms with van der Waals surface area (Å²) in [7, 11) is 0. The van der Waals surface area contributed by atoms with Crippen LogP contribution in [0, 0.1) is 17.0 Å². The molecule has 0 radical (unpaired) electrons. The lowest BCUT2D eigenvalue weighted by Gasteiger charge is -2.10. The summed E-state index contributed by atoms with van der Waals surface area (Å²) in [5.74, 6) is 0.0857. The van der Waals surface area contributed by atoms with Crippen LogP contribution in [0.15, 0.2) is 42.5 Å². The normalized spacial score (nSPS) is 10.2. The number of phenols is 1. The Hall–Kier alpha value is -2.56. The van der Waals surface area contributed by atoms with Gasteiger partial charge in [0, 0.05) is 11.6 Å². The molecule has 1 N–H and O–H groups in total. The van der Waals surface area contributed by atoms with E-state index in [-0.39, 0.29) is 11.4 Å². The molecule has 0 saturated carbocycles. The summed E-state index contributed by atoms with van der Waals surface area (Å²) in [6, 6.07) is 12.3. The molecule has 0 aromatic heterocycles. The van der Waals surface area contributed by atoms with Gasteiger partial charge in [0.2, 0.25) is 5.75 Å². The zero-order valence-electron chi connectivity index (χ0n) is 10.4. The van der Waals surface area contributed by atoms with Crippen molar-refractivity contribution in [1.82, 2.24) is 0 Å². The second-order valence-corrected chi connectivity index (χ2v) is 4.09. The third-order valence-corrected chi connectivity index (χ3v) is 2.79. The van der Waals surface area contributed by atoms with Gasteiger partial charge in [0.1, 0.15) is 12.4 Å². The maximum Gasteiger partial charge on any atom is 0.311 e. The zero-order chi connectivity index (χ0) is 13.8. The number of hydrogen-bond donors (Lipinski definition) is 1. The zero-order valence-corrected chi connectivity index (χ0v) is 10.4. The van der Waals surface area contributed by atoms with Gasteiger partial charge in [-0.05, 0) is 18.6 Å². The molecule has 0 amide bonds. The Kier molecular flexibility index (Phi) is 3.66. The van der Waals surface area contributed by atoms with Gasteiger partial charge >= 0.3 is 5.69 Å². The third-order valence-electron chi connectivity index (χ3n) is 2.79. The van der Waals surface area contributed by atoms with E-state index in [1.807, 2.05) is 30.3 Å². The number of nitro groups is 1. The second kappa shape index (κ2) is 5.39. The first-order valence-corrected chi connectivity index (χ1v) is 5.73. The molecule has 0 spiro atoms. The minimum Gasteiger partial charge on any atom is -0.502 e. The maximum atomic E-state index is 10.7. The summed E-state index contributed by atoms with van der Waals surface area (Å²) in [6.45, 7) is 1.93. The van der Waals surface area contributed by atoms with Crippen molar-refractivity contribution in [3.05, 3.63) is 63.7 Å². The average molecular weight is 259 g/mol.